The third-order valence-electron chi connectivity index (χ3n) is 9.39. The molecule has 1 aliphatic carbocycles. The van der Waals surface area contributed by atoms with Gasteiger partial charge in [-0.3, -0.25) is 9.74 Å². The number of carbonyl (C=O) groups excluding carboxylic acids is 1. The molecule has 0 saturated heterocycles. The van der Waals surface area contributed by atoms with Crippen LogP contribution in [0.15, 0.2) is 104 Å². The highest BCUT2D eigenvalue weighted by Crippen LogP contribution is 2.45. The molecule has 0 bridgehead atoms. The Hall–Kier alpha value is -4.69. The molecule has 0 heterocycles. The van der Waals surface area contributed by atoms with E-state index in [1.54, 1.807) is 24.3 Å². The standard InChI is InChI=1S/C38H45N3O6Si/c1-9-38(6,41(35(42)43)46-25-28-17-11-10-12-18-28)40(34(23-39)27(2)24-47-48(7,8)37(3,4)5)36(44)45-26-33-31-21-15-13-19-29(31)30-20-14-16-22-32(30)33/h9-22,33-34H,1-2,24-26H2,3-8H3,(H,42,43)/t34?,38-/m1/s1. The van der Waals surface area contributed by atoms with Crippen LogP contribution < -0.4 is 0 Å². The zero-order valence-electron chi connectivity index (χ0n) is 28.6. The second kappa shape index (κ2) is 14.6. The molecular formula is C38H45N3O6Si. The van der Waals surface area contributed by atoms with Crippen molar-refractivity contribution in [3.63, 3.8) is 0 Å². The number of hydrogen-bond acceptors (Lipinski definition) is 6. The molecule has 3 aromatic carbocycles. The fraction of sp³-hybridized carbons (Fsp3) is 0.342. The predicted octanol–water partition coefficient (Wildman–Crippen LogP) is 8.72. The Kier molecular flexibility index (Phi) is 11.0. The molecule has 3 aromatic rings. The first-order valence-electron chi connectivity index (χ1n) is 15.9. The van der Waals surface area contributed by atoms with Crippen LogP contribution in [0, 0.1) is 11.3 Å². The number of fused-ring (bicyclic) bond motifs is 3. The van der Waals surface area contributed by atoms with Crippen molar-refractivity contribution in [2.24, 2.45) is 0 Å². The highest BCUT2D eigenvalue weighted by molar-refractivity contribution is 6.74. The van der Waals surface area contributed by atoms with Crippen molar-refractivity contribution in [1.29, 1.82) is 5.26 Å². The maximum absolute atomic E-state index is 14.4. The molecule has 0 fully saturated rings. The fourth-order valence-electron chi connectivity index (χ4n) is 5.49. The molecule has 0 spiro atoms. The summed E-state index contributed by atoms with van der Waals surface area (Å²) in [5.74, 6) is -0.270. The van der Waals surface area contributed by atoms with E-state index in [-0.39, 0.29) is 36.3 Å². The van der Waals surface area contributed by atoms with Crippen LogP contribution in [0.5, 0.6) is 0 Å². The first-order chi connectivity index (χ1) is 22.7. The van der Waals surface area contributed by atoms with Crippen molar-refractivity contribution in [3.8, 4) is 17.2 Å². The zero-order chi connectivity index (χ0) is 35.3. The smallest absolute Gasteiger partial charge is 0.434 e. The molecule has 1 N–H and O–H groups in total. The average Bonchev–Trinajstić information content (AvgIpc) is 3.38. The normalized spacial score (nSPS) is 14.4. The molecule has 0 saturated carbocycles. The van der Waals surface area contributed by atoms with Gasteiger partial charge < -0.3 is 14.3 Å². The third kappa shape index (κ3) is 7.39. The summed E-state index contributed by atoms with van der Waals surface area (Å²) in [4.78, 5) is 34.0. The average molecular weight is 668 g/mol. The number of rotatable bonds is 13. The van der Waals surface area contributed by atoms with Crippen LogP contribution in [0.3, 0.4) is 0 Å². The minimum absolute atomic E-state index is 0.0208. The van der Waals surface area contributed by atoms with E-state index in [4.69, 9.17) is 14.0 Å². The van der Waals surface area contributed by atoms with E-state index in [1.165, 1.54) is 13.0 Å². The first kappa shape index (κ1) is 36.1. The number of amides is 2. The number of carboxylic acid groups (broad SMARTS) is 1. The van der Waals surface area contributed by atoms with Gasteiger partial charge in [-0.1, -0.05) is 113 Å². The van der Waals surface area contributed by atoms with Gasteiger partial charge in [0.1, 0.15) is 19.3 Å². The minimum Gasteiger partial charge on any atom is -0.463 e. The van der Waals surface area contributed by atoms with Gasteiger partial charge in [0, 0.05) is 5.92 Å². The molecule has 0 radical (unpaired) electrons. The molecule has 0 aromatic heterocycles. The van der Waals surface area contributed by atoms with Gasteiger partial charge in [0.15, 0.2) is 14.0 Å². The van der Waals surface area contributed by atoms with Gasteiger partial charge >= 0.3 is 12.2 Å². The molecule has 10 heteroatoms. The van der Waals surface area contributed by atoms with E-state index in [0.29, 0.717) is 10.6 Å². The van der Waals surface area contributed by atoms with Crippen molar-refractivity contribution in [1.82, 2.24) is 9.96 Å². The van der Waals surface area contributed by atoms with Gasteiger partial charge in [0.05, 0.1) is 12.7 Å². The van der Waals surface area contributed by atoms with Crippen molar-refractivity contribution < 1.29 is 28.7 Å². The molecule has 9 nitrogen and oxygen atoms in total. The van der Waals surface area contributed by atoms with E-state index in [9.17, 15) is 20.0 Å². The van der Waals surface area contributed by atoms with Gasteiger partial charge in [-0.15, -0.1) is 0 Å². The Morgan fingerprint density at radius 3 is 2.02 bits per heavy atom. The molecule has 2 atom stereocenters. The van der Waals surface area contributed by atoms with Gasteiger partial charge in [-0.05, 0) is 64.5 Å². The number of carbonyl (C=O) groups is 2. The fourth-order valence-corrected chi connectivity index (χ4v) is 6.47. The molecular weight excluding hydrogens is 623 g/mol. The Morgan fingerprint density at radius 1 is 0.979 bits per heavy atom. The predicted molar refractivity (Wildman–Crippen MR) is 188 cm³/mol. The maximum atomic E-state index is 14.4. The lowest BCUT2D eigenvalue weighted by Crippen LogP contribution is -2.64. The second-order valence-electron chi connectivity index (χ2n) is 13.5. The SMILES string of the molecule is C=C[C@@](C)(N(OCc1ccccc1)C(=O)O)N(C(=O)OCC1c2ccccc2-c2ccccc21)C(C#N)C(=C)CO[Si](C)(C)C(C)(C)C. The number of nitriles is 1. The van der Waals surface area contributed by atoms with Gasteiger partial charge in [0.25, 0.3) is 0 Å². The van der Waals surface area contributed by atoms with E-state index in [1.807, 2.05) is 54.6 Å². The number of benzene rings is 3. The molecule has 1 aliphatic rings. The number of nitrogens with zero attached hydrogens (tertiary/aromatic N) is 3. The summed E-state index contributed by atoms with van der Waals surface area (Å²) in [6.07, 6.45) is -1.18. The van der Waals surface area contributed by atoms with Crippen molar-refractivity contribution >= 4 is 20.5 Å². The van der Waals surface area contributed by atoms with Crippen molar-refractivity contribution in [3.05, 3.63) is 120 Å². The summed E-state index contributed by atoms with van der Waals surface area (Å²) < 4.78 is 12.4. The minimum atomic E-state index is -2.29. The zero-order valence-corrected chi connectivity index (χ0v) is 29.6. The summed E-state index contributed by atoms with van der Waals surface area (Å²) in [5.41, 5.74) is 3.17. The Balaban J connectivity index is 1.70. The quantitative estimate of drug-likeness (QED) is 0.0840. The van der Waals surface area contributed by atoms with Gasteiger partial charge in [-0.2, -0.15) is 10.3 Å². The molecule has 252 valence electrons. The summed E-state index contributed by atoms with van der Waals surface area (Å²) in [5, 5.41) is 21.5. The highest BCUT2D eigenvalue weighted by Gasteiger charge is 2.49. The second-order valence-corrected chi connectivity index (χ2v) is 18.4. The lowest BCUT2D eigenvalue weighted by atomic mass is 9.98. The molecule has 2 amide bonds. The molecule has 4 rings (SSSR count). The summed E-state index contributed by atoms with van der Waals surface area (Å²) in [6.45, 7) is 19.7. The summed E-state index contributed by atoms with van der Waals surface area (Å²) in [6, 6.07) is 25.7. The Labute approximate surface area is 284 Å². The summed E-state index contributed by atoms with van der Waals surface area (Å²) in [7, 11) is -2.29. The molecule has 48 heavy (non-hydrogen) atoms. The van der Waals surface area contributed by atoms with Crippen LogP contribution in [0.25, 0.3) is 11.1 Å². The van der Waals surface area contributed by atoms with Gasteiger partial charge in [0.2, 0.25) is 0 Å². The lowest BCUT2D eigenvalue weighted by Gasteiger charge is -2.45. The van der Waals surface area contributed by atoms with Crippen LogP contribution in [-0.4, -0.2) is 60.5 Å². The highest BCUT2D eigenvalue weighted by atomic mass is 28.4. The van der Waals surface area contributed by atoms with Crippen LogP contribution in [0.2, 0.25) is 18.1 Å². The number of ether oxygens (including phenoxy) is 1. The largest absolute Gasteiger partial charge is 0.463 e. The summed E-state index contributed by atoms with van der Waals surface area (Å²) >= 11 is 0. The topological polar surface area (TPSA) is 112 Å². The maximum Gasteiger partial charge on any atom is 0.434 e. The third-order valence-corrected chi connectivity index (χ3v) is 13.9. The molecule has 1 unspecified atom stereocenters. The van der Waals surface area contributed by atoms with E-state index >= 15 is 0 Å². The lowest BCUT2D eigenvalue weighted by molar-refractivity contribution is -0.218. The van der Waals surface area contributed by atoms with Crippen molar-refractivity contribution in [2.45, 2.75) is 70.1 Å². The Bertz CT molecular complexity index is 1650. The van der Waals surface area contributed by atoms with Gasteiger partial charge in [-0.25, -0.2) is 9.59 Å². The van der Waals surface area contributed by atoms with E-state index < -0.39 is 32.2 Å². The van der Waals surface area contributed by atoms with Crippen LogP contribution >= 0.6 is 0 Å². The molecule has 0 aliphatic heterocycles. The number of hydroxylamine groups is 2. The monoisotopic (exact) mass is 667 g/mol. The first-order valence-corrected chi connectivity index (χ1v) is 18.8. The van der Waals surface area contributed by atoms with E-state index in [0.717, 1.165) is 27.2 Å². The van der Waals surface area contributed by atoms with Crippen LogP contribution in [0.1, 0.15) is 50.3 Å². The van der Waals surface area contributed by atoms with E-state index in [2.05, 4.69) is 53.1 Å². The van der Waals surface area contributed by atoms with Crippen LogP contribution in [0.4, 0.5) is 9.59 Å². The van der Waals surface area contributed by atoms with Crippen LogP contribution in [-0.2, 0) is 20.6 Å². The number of hydrogen-bond donors (Lipinski definition) is 1. The Morgan fingerprint density at radius 2 is 1.52 bits per heavy atom. The van der Waals surface area contributed by atoms with Crippen molar-refractivity contribution in [2.75, 3.05) is 13.2 Å².